The third-order valence-corrected chi connectivity index (χ3v) is 2.31. The van der Waals surface area contributed by atoms with Crippen LogP contribution in [-0.4, -0.2) is 14.8 Å². The summed E-state index contributed by atoms with van der Waals surface area (Å²) in [4.78, 5) is 3.70. The molecule has 0 bridgehead atoms. The van der Waals surface area contributed by atoms with E-state index in [1.165, 1.54) is 6.07 Å². The minimum absolute atomic E-state index is 0.383. The van der Waals surface area contributed by atoms with Gasteiger partial charge in [0.25, 0.3) is 0 Å². The fraction of sp³-hybridized carbons (Fsp3) is 0.273. The molecule has 0 radical (unpaired) electrons. The molecule has 2 aromatic heterocycles. The summed E-state index contributed by atoms with van der Waals surface area (Å²) in [6.45, 7) is 0.416. The molecule has 7 heteroatoms. The average Bonchev–Trinajstić information content (AvgIpc) is 2.72. The normalized spacial score (nSPS) is 11.6. The van der Waals surface area contributed by atoms with Crippen LogP contribution in [0.2, 0.25) is 0 Å². The van der Waals surface area contributed by atoms with Crippen molar-refractivity contribution in [3.05, 3.63) is 41.9 Å². The number of hydrogen-bond donors (Lipinski definition) is 1. The van der Waals surface area contributed by atoms with Crippen molar-refractivity contribution in [1.29, 1.82) is 0 Å². The molecule has 1 N–H and O–H groups in total. The molecule has 0 atom stereocenters. The van der Waals surface area contributed by atoms with Crippen LogP contribution < -0.4 is 5.32 Å². The molecule has 2 heterocycles. The third-order valence-electron chi connectivity index (χ3n) is 2.31. The van der Waals surface area contributed by atoms with Crippen molar-refractivity contribution >= 4 is 5.82 Å². The summed E-state index contributed by atoms with van der Waals surface area (Å²) in [5.74, 6) is 0.383. The Kier molecular flexibility index (Phi) is 3.22. The lowest BCUT2D eigenvalue weighted by Gasteiger charge is -2.07. The highest BCUT2D eigenvalue weighted by molar-refractivity contribution is 5.36. The van der Waals surface area contributed by atoms with E-state index in [1.807, 2.05) is 6.07 Å². The summed E-state index contributed by atoms with van der Waals surface area (Å²) in [6.07, 6.45) is -1.76. The lowest BCUT2D eigenvalue weighted by Crippen LogP contribution is -2.07. The maximum absolute atomic E-state index is 12.3. The second kappa shape index (κ2) is 4.67. The van der Waals surface area contributed by atoms with Gasteiger partial charge in [0.05, 0.1) is 17.8 Å². The Morgan fingerprint density at radius 1 is 1.28 bits per heavy atom. The predicted molar refractivity (Wildman–Crippen MR) is 59.8 cm³/mol. The van der Waals surface area contributed by atoms with Gasteiger partial charge in [-0.1, -0.05) is 0 Å². The van der Waals surface area contributed by atoms with Crippen LogP contribution in [0.4, 0.5) is 19.0 Å². The van der Waals surface area contributed by atoms with Gasteiger partial charge in [-0.25, -0.2) is 4.98 Å². The van der Waals surface area contributed by atoms with E-state index in [0.717, 1.165) is 18.0 Å². The number of halogens is 3. The molecule has 2 rings (SSSR count). The van der Waals surface area contributed by atoms with Gasteiger partial charge in [-0.05, 0) is 18.2 Å². The van der Waals surface area contributed by atoms with Gasteiger partial charge in [-0.2, -0.15) is 18.3 Å². The minimum atomic E-state index is -4.35. The fourth-order valence-electron chi connectivity index (χ4n) is 1.40. The van der Waals surface area contributed by atoms with Crippen molar-refractivity contribution in [2.75, 3.05) is 5.32 Å². The van der Waals surface area contributed by atoms with Crippen molar-refractivity contribution in [1.82, 2.24) is 14.8 Å². The van der Waals surface area contributed by atoms with E-state index in [0.29, 0.717) is 12.4 Å². The van der Waals surface area contributed by atoms with Crippen LogP contribution in [0.5, 0.6) is 0 Å². The van der Waals surface area contributed by atoms with E-state index in [2.05, 4.69) is 15.4 Å². The molecule has 4 nitrogen and oxygen atoms in total. The van der Waals surface area contributed by atoms with Crippen LogP contribution in [-0.2, 0) is 19.8 Å². The molecule has 0 aliphatic rings. The minimum Gasteiger partial charge on any atom is -0.364 e. The zero-order valence-electron chi connectivity index (χ0n) is 9.57. The Bertz CT molecular complexity index is 516. The van der Waals surface area contributed by atoms with Gasteiger partial charge in [-0.15, -0.1) is 0 Å². The zero-order valence-corrected chi connectivity index (χ0v) is 9.57. The van der Waals surface area contributed by atoms with Crippen LogP contribution >= 0.6 is 0 Å². The highest BCUT2D eigenvalue weighted by Crippen LogP contribution is 2.28. The number of nitrogens with one attached hydrogen (secondary N) is 1. The largest absolute Gasteiger partial charge is 0.417 e. The SMILES string of the molecule is Cn1ccc(CNc2ccc(C(F)(F)F)cn2)n1. The lowest BCUT2D eigenvalue weighted by atomic mass is 10.3. The van der Waals surface area contributed by atoms with Gasteiger partial charge in [0.15, 0.2) is 0 Å². The van der Waals surface area contributed by atoms with Gasteiger partial charge in [0.2, 0.25) is 0 Å². The summed E-state index contributed by atoms with van der Waals surface area (Å²) in [5, 5.41) is 7.03. The highest BCUT2D eigenvalue weighted by atomic mass is 19.4. The molecular formula is C11H11F3N4. The molecule has 0 saturated heterocycles. The summed E-state index contributed by atoms with van der Waals surface area (Å²) >= 11 is 0. The predicted octanol–water partition coefficient (Wildman–Crippen LogP) is 2.45. The molecule has 0 unspecified atom stereocenters. The summed E-state index contributed by atoms with van der Waals surface area (Å²) in [7, 11) is 1.79. The first kappa shape index (κ1) is 12.4. The molecule has 0 aliphatic heterocycles. The number of aromatic nitrogens is 3. The smallest absolute Gasteiger partial charge is 0.364 e. The molecule has 0 spiro atoms. The van der Waals surface area contributed by atoms with Gasteiger partial charge in [0, 0.05) is 19.4 Å². The van der Waals surface area contributed by atoms with E-state index in [1.54, 1.807) is 17.9 Å². The van der Waals surface area contributed by atoms with Crippen LogP contribution in [0.1, 0.15) is 11.3 Å². The Labute approximate surface area is 101 Å². The molecule has 0 amide bonds. The molecular weight excluding hydrogens is 245 g/mol. The maximum Gasteiger partial charge on any atom is 0.417 e. The monoisotopic (exact) mass is 256 g/mol. The van der Waals surface area contributed by atoms with Crippen LogP contribution in [0.15, 0.2) is 30.6 Å². The quantitative estimate of drug-likeness (QED) is 0.917. The first-order valence-electron chi connectivity index (χ1n) is 5.21. The van der Waals surface area contributed by atoms with Crippen molar-refractivity contribution in [3.8, 4) is 0 Å². The lowest BCUT2D eigenvalue weighted by molar-refractivity contribution is -0.137. The number of hydrogen-bond acceptors (Lipinski definition) is 3. The summed E-state index contributed by atoms with van der Waals surface area (Å²) < 4.78 is 38.5. The van der Waals surface area contributed by atoms with Gasteiger partial charge in [0.1, 0.15) is 5.82 Å². The molecule has 18 heavy (non-hydrogen) atoms. The number of pyridine rings is 1. The van der Waals surface area contributed by atoms with Crippen LogP contribution in [0.3, 0.4) is 0 Å². The van der Waals surface area contributed by atoms with Crippen molar-refractivity contribution < 1.29 is 13.2 Å². The Hall–Kier alpha value is -2.05. The van der Waals surface area contributed by atoms with Gasteiger partial charge < -0.3 is 5.32 Å². The second-order valence-electron chi connectivity index (χ2n) is 3.76. The first-order chi connectivity index (χ1) is 8.45. The van der Waals surface area contributed by atoms with Crippen LogP contribution in [0.25, 0.3) is 0 Å². The average molecular weight is 256 g/mol. The van der Waals surface area contributed by atoms with E-state index >= 15 is 0 Å². The molecule has 0 saturated carbocycles. The number of aryl methyl sites for hydroxylation is 1. The highest BCUT2D eigenvalue weighted by Gasteiger charge is 2.30. The number of anilines is 1. The van der Waals surface area contributed by atoms with Gasteiger partial charge in [-0.3, -0.25) is 4.68 Å². The van der Waals surface area contributed by atoms with E-state index in [9.17, 15) is 13.2 Å². The van der Waals surface area contributed by atoms with E-state index in [4.69, 9.17) is 0 Å². The zero-order chi connectivity index (χ0) is 13.2. The fourth-order valence-corrected chi connectivity index (χ4v) is 1.40. The summed E-state index contributed by atoms with van der Waals surface area (Å²) in [5.41, 5.74) is 0.0325. The standard InChI is InChI=1S/C11H11F3N4/c1-18-5-4-9(17-18)7-16-10-3-2-8(6-15-10)11(12,13)14/h2-6H,7H2,1H3,(H,15,16). The van der Waals surface area contributed by atoms with Gasteiger partial charge >= 0.3 is 6.18 Å². The van der Waals surface area contributed by atoms with Crippen molar-refractivity contribution in [2.45, 2.75) is 12.7 Å². The molecule has 0 aromatic carbocycles. The van der Waals surface area contributed by atoms with Crippen LogP contribution in [0, 0.1) is 0 Å². The van der Waals surface area contributed by atoms with E-state index < -0.39 is 11.7 Å². The number of nitrogens with zero attached hydrogens (tertiary/aromatic N) is 3. The molecule has 0 aliphatic carbocycles. The number of rotatable bonds is 3. The van der Waals surface area contributed by atoms with Crippen molar-refractivity contribution in [3.63, 3.8) is 0 Å². The summed E-state index contributed by atoms with van der Waals surface area (Å²) in [6, 6.07) is 4.11. The molecule has 96 valence electrons. The Morgan fingerprint density at radius 2 is 2.06 bits per heavy atom. The second-order valence-corrected chi connectivity index (χ2v) is 3.76. The maximum atomic E-state index is 12.3. The third kappa shape index (κ3) is 2.99. The Morgan fingerprint density at radius 3 is 2.56 bits per heavy atom. The first-order valence-corrected chi connectivity index (χ1v) is 5.21. The number of alkyl halides is 3. The Balaban J connectivity index is 1.98. The molecule has 0 fully saturated rings. The molecule has 2 aromatic rings. The van der Waals surface area contributed by atoms with Crippen molar-refractivity contribution in [2.24, 2.45) is 7.05 Å². The van der Waals surface area contributed by atoms with E-state index in [-0.39, 0.29) is 0 Å². The topological polar surface area (TPSA) is 42.7 Å².